The Bertz CT molecular complexity index is 1210. The highest BCUT2D eigenvalue weighted by atomic mass is 16.7. The molecule has 0 bridgehead atoms. The normalized spacial score (nSPS) is 19.2. The Morgan fingerprint density at radius 2 is 1.69 bits per heavy atom. The summed E-state index contributed by atoms with van der Waals surface area (Å²) >= 11 is 0. The largest absolute Gasteiger partial charge is 0.508 e. The summed E-state index contributed by atoms with van der Waals surface area (Å²) in [6.07, 6.45) is 0.221. The molecule has 162 valence electrons. The van der Waals surface area contributed by atoms with Gasteiger partial charge in [0.25, 0.3) is 5.79 Å². The lowest BCUT2D eigenvalue weighted by Gasteiger charge is -2.26. The molecule has 2 aliphatic rings. The summed E-state index contributed by atoms with van der Waals surface area (Å²) in [5, 5.41) is 21.3. The van der Waals surface area contributed by atoms with Crippen molar-refractivity contribution in [2.24, 2.45) is 0 Å². The molecule has 0 radical (unpaired) electrons. The second kappa shape index (κ2) is 7.62. The maximum Gasteiger partial charge on any atom is 0.342 e. The van der Waals surface area contributed by atoms with Gasteiger partial charge in [-0.3, -0.25) is 0 Å². The molecule has 0 fully saturated rings. The van der Waals surface area contributed by atoms with Gasteiger partial charge in [-0.05, 0) is 59.7 Å². The van der Waals surface area contributed by atoms with Gasteiger partial charge in [-0.2, -0.15) is 0 Å². The van der Waals surface area contributed by atoms with Crippen LogP contribution in [0.3, 0.4) is 0 Å². The molecule has 1 unspecified atom stereocenters. The number of hydrogen-bond donors (Lipinski definition) is 2. The van der Waals surface area contributed by atoms with Gasteiger partial charge in [0.05, 0.1) is 12.7 Å². The third-order valence-electron chi connectivity index (χ3n) is 5.62. The van der Waals surface area contributed by atoms with Crippen LogP contribution in [0, 0.1) is 0 Å². The van der Waals surface area contributed by atoms with Crippen LogP contribution in [0.25, 0.3) is 5.57 Å². The predicted molar refractivity (Wildman–Crippen MR) is 114 cm³/mol. The molecule has 0 saturated heterocycles. The van der Waals surface area contributed by atoms with E-state index in [1.54, 1.807) is 73.8 Å². The van der Waals surface area contributed by atoms with E-state index < -0.39 is 11.8 Å². The van der Waals surface area contributed by atoms with Gasteiger partial charge in [-0.15, -0.1) is 0 Å². The zero-order chi connectivity index (χ0) is 22.3. The van der Waals surface area contributed by atoms with Crippen molar-refractivity contribution in [1.82, 2.24) is 0 Å². The number of aliphatic hydroxyl groups is 1. The zero-order valence-electron chi connectivity index (χ0n) is 17.2. The van der Waals surface area contributed by atoms with Gasteiger partial charge in [-0.1, -0.05) is 18.2 Å². The number of cyclic esters (lactones) is 1. The Morgan fingerprint density at radius 3 is 2.41 bits per heavy atom. The van der Waals surface area contributed by atoms with Crippen molar-refractivity contribution in [1.29, 1.82) is 0 Å². The van der Waals surface area contributed by atoms with E-state index in [0.29, 0.717) is 33.9 Å². The molecule has 1 atom stereocenters. The lowest BCUT2D eigenvalue weighted by Crippen LogP contribution is -2.29. The molecule has 3 aromatic carbocycles. The molecule has 5 rings (SSSR count). The molecular formula is C25H20O7. The molecule has 7 heteroatoms. The molecule has 7 nitrogen and oxygen atoms in total. The summed E-state index contributed by atoms with van der Waals surface area (Å²) < 4.78 is 21.6. The SMILES string of the molecule is COc1ccc(C2(O)OC(=O)C(c3ccc4c(c3)OCO4)=C2Cc2ccc(O)cc2)cc1. The minimum Gasteiger partial charge on any atom is -0.508 e. The first-order chi connectivity index (χ1) is 15.5. The summed E-state index contributed by atoms with van der Waals surface area (Å²) in [6.45, 7) is 0.110. The second-order valence-electron chi connectivity index (χ2n) is 7.53. The van der Waals surface area contributed by atoms with Crippen LogP contribution in [0.1, 0.15) is 16.7 Å². The van der Waals surface area contributed by atoms with Crippen molar-refractivity contribution in [3.63, 3.8) is 0 Å². The lowest BCUT2D eigenvalue weighted by molar-refractivity contribution is -0.185. The summed E-state index contributed by atoms with van der Waals surface area (Å²) in [5.74, 6) is -0.758. The highest BCUT2D eigenvalue weighted by Gasteiger charge is 2.48. The van der Waals surface area contributed by atoms with Gasteiger partial charge < -0.3 is 29.2 Å². The fraction of sp³-hybridized carbons (Fsp3) is 0.160. The van der Waals surface area contributed by atoms with E-state index in [9.17, 15) is 15.0 Å². The second-order valence-corrected chi connectivity index (χ2v) is 7.53. The summed E-state index contributed by atoms with van der Waals surface area (Å²) in [5.41, 5.74) is 2.39. The van der Waals surface area contributed by atoms with Crippen LogP contribution in [0.5, 0.6) is 23.0 Å². The van der Waals surface area contributed by atoms with Crippen molar-refractivity contribution in [3.05, 3.63) is 89.0 Å². The van der Waals surface area contributed by atoms with Crippen LogP contribution in [0.4, 0.5) is 0 Å². The Morgan fingerprint density at radius 1 is 0.969 bits per heavy atom. The lowest BCUT2D eigenvalue weighted by atomic mass is 9.88. The maximum atomic E-state index is 13.1. The summed E-state index contributed by atoms with van der Waals surface area (Å²) in [7, 11) is 1.55. The molecule has 2 N–H and O–H groups in total. The number of phenolic OH excluding ortho intramolecular Hbond substituents is 1. The number of rotatable bonds is 5. The Hall–Kier alpha value is -3.97. The number of hydrogen-bond acceptors (Lipinski definition) is 7. The van der Waals surface area contributed by atoms with E-state index in [-0.39, 0.29) is 24.5 Å². The van der Waals surface area contributed by atoms with Crippen molar-refractivity contribution in [2.75, 3.05) is 13.9 Å². The molecule has 0 aromatic heterocycles. The standard InChI is InChI=1S/C25H20O7/c1-29-19-9-5-17(6-10-19)25(28)20(12-15-2-7-18(26)8-3-15)23(24(27)32-25)16-4-11-21-22(13-16)31-14-30-21/h2-11,13,26,28H,12,14H2,1H3. The third-order valence-corrected chi connectivity index (χ3v) is 5.62. The first-order valence-corrected chi connectivity index (χ1v) is 10.00. The molecule has 0 saturated carbocycles. The number of fused-ring (bicyclic) bond motifs is 1. The number of benzene rings is 3. The van der Waals surface area contributed by atoms with Crippen LogP contribution in [-0.2, 0) is 21.7 Å². The molecule has 32 heavy (non-hydrogen) atoms. The highest BCUT2D eigenvalue weighted by molar-refractivity contribution is 6.20. The molecular weight excluding hydrogens is 412 g/mol. The maximum absolute atomic E-state index is 13.1. The zero-order valence-corrected chi connectivity index (χ0v) is 17.2. The van der Waals surface area contributed by atoms with Crippen molar-refractivity contribution in [3.8, 4) is 23.0 Å². The Labute approximate surface area is 184 Å². The summed E-state index contributed by atoms with van der Waals surface area (Å²) in [4.78, 5) is 13.1. The van der Waals surface area contributed by atoms with Crippen molar-refractivity contribution >= 4 is 11.5 Å². The van der Waals surface area contributed by atoms with E-state index in [1.165, 1.54) is 0 Å². The Balaban J connectivity index is 1.66. The molecule has 0 aliphatic carbocycles. The van der Waals surface area contributed by atoms with Crippen molar-refractivity contribution < 1.29 is 34.0 Å². The van der Waals surface area contributed by atoms with E-state index in [2.05, 4.69) is 0 Å². The molecule has 0 spiro atoms. The highest BCUT2D eigenvalue weighted by Crippen LogP contribution is 2.46. The minimum atomic E-state index is -1.97. The van der Waals surface area contributed by atoms with Crippen LogP contribution < -0.4 is 14.2 Å². The first-order valence-electron chi connectivity index (χ1n) is 10.00. The first kappa shape index (κ1) is 20.0. The van der Waals surface area contributed by atoms with Gasteiger partial charge >= 0.3 is 5.97 Å². The minimum absolute atomic E-state index is 0.110. The van der Waals surface area contributed by atoms with Gasteiger partial charge in [0.1, 0.15) is 11.5 Å². The average Bonchev–Trinajstić information content (AvgIpc) is 3.37. The molecule has 2 heterocycles. The van der Waals surface area contributed by atoms with Crippen molar-refractivity contribution in [2.45, 2.75) is 12.2 Å². The van der Waals surface area contributed by atoms with Crippen LogP contribution in [0.15, 0.2) is 72.3 Å². The van der Waals surface area contributed by atoms with Crippen LogP contribution in [0.2, 0.25) is 0 Å². The number of aromatic hydroxyl groups is 1. The summed E-state index contributed by atoms with van der Waals surface area (Å²) in [6, 6.07) is 18.4. The molecule has 3 aromatic rings. The number of carbonyl (C=O) groups excluding carboxylic acids is 1. The quantitative estimate of drug-likeness (QED) is 0.596. The molecule has 2 aliphatic heterocycles. The number of esters is 1. The Kier molecular flexibility index (Phi) is 4.75. The van der Waals surface area contributed by atoms with Gasteiger partial charge in [0.15, 0.2) is 11.5 Å². The van der Waals surface area contributed by atoms with Gasteiger partial charge in [0, 0.05) is 17.6 Å². The number of carbonyl (C=O) groups is 1. The fourth-order valence-electron chi connectivity index (χ4n) is 3.96. The van der Waals surface area contributed by atoms with E-state index in [0.717, 1.165) is 5.56 Å². The van der Waals surface area contributed by atoms with Gasteiger partial charge in [0.2, 0.25) is 6.79 Å². The van der Waals surface area contributed by atoms with E-state index in [1.807, 2.05) is 0 Å². The molecule has 0 amide bonds. The topological polar surface area (TPSA) is 94.5 Å². The smallest absolute Gasteiger partial charge is 0.342 e. The van der Waals surface area contributed by atoms with E-state index in [4.69, 9.17) is 18.9 Å². The van der Waals surface area contributed by atoms with Gasteiger partial charge in [-0.25, -0.2) is 4.79 Å². The predicted octanol–water partition coefficient (Wildman–Crippen LogP) is 3.53. The number of methoxy groups -OCH3 is 1. The van der Waals surface area contributed by atoms with Crippen LogP contribution >= 0.6 is 0 Å². The van der Waals surface area contributed by atoms with Crippen LogP contribution in [-0.4, -0.2) is 30.1 Å². The monoisotopic (exact) mass is 432 g/mol. The van der Waals surface area contributed by atoms with E-state index >= 15 is 0 Å². The third kappa shape index (κ3) is 3.33. The fourth-order valence-corrected chi connectivity index (χ4v) is 3.96. The number of ether oxygens (including phenoxy) is 4. The number of phenols is 1. The average molecular weight is 432 g/mol.